The Morgan fingerprint density at radius 2 is 0.356 bits per heavy atom. The Morgan fingerprint density at radius 1 is 0.129 bits per heavy atom. The lowest BCUT2D eigenvalue weighted by atomic mass is 9.76. The van der Waals surface area contributed by atoms with Gasteiger partial charge in [0, 0.05) is 99.8 Å². The van der Waals surface area contributed by atoms with Crippen molar-refractivity contribution in [2.45, 2.75) is 534 Å². The van der Waals surface area contributed by atoms with Crippen molar-refractivity contribution in [1.82, 2.24) is 95.9 Å². The van der Waals surface area contributed by atoms with Gasteiger partial charge in [-0.3, -0.25) is 10.9 Å². The minimum absolute atomic E-state index is 0.655. The van der Waals surface area contributed by atoms with Gasteiger partial charge in [-0.1, -0.05) is 255 Å². The van der Waals surface area contributed by atoms with Crippen molar-refractivity contribution in [2.75, 3.05) is 138 Å². The van der Waals surface area contributed by atoms with Gasteiger partial charge in [0.05, 0.1) is 6.17 Å². The van der Waals surface area contributed by atoms with Crippen LogP contribution in [0.15, 0.2) is 0 Å². The number of hydrogen-bond donors (Lipinski definition) is 18. The summed E-state index contributed by atoms with van der Waals surface area (Å²) in [5.41, 5.74) is 6.60. The van der Waals surface area contributed by atoms with Crippen molar-refractivity contribution in [3.63, 3.8) is 0 Å². The van der Waals surface area contributed by atoms with Crippen LogP contribution in [-0.4, -0.2) is 204 Å². The maximum atomic E-state index is 3.62. The number of rotatable bonds is 0. The Bertz CT molecular complexity index is 1500. The third-order valence-corrected chi connectivity index (χ3v) is 31.7. The zero-order valence-corrected chi connectivity index (χ0v) is 93.2. The molecule has 22 rings (SSSR count). The molecule has 18 N–H and O–H groups in total. The first-order chi connectivity index (χ1) is 65.6. The minimum Gasteiger partial charge on any atom is -0.316 e. The summed E-state index contributed by atoms with van der Waals surface area (Å²) in [5.74, 6) is 11.1. The van der Waals surface area contributed by atoms with Crippen molar-refractivity contribution in [2.24, 2.45) is 65.1 Å². The van der Waals surface area contributed by atoms with Crippen molar-refractivity contribution in [3.8, 4) is 0 Å². The first-order valence-corrected chi connectivity index (χ1v) is 60.7. The molecule has 7 saturated carbocycles. The standard InChI is InChI=1S/4C9H17N.7C8H16N2.11C2H6/c2*1-2-6-9-8(4-1)5-3-7-10-9;2*1-2-4-9-7-10-6-5-8(9)3-1;1-3-7-8(9-5-1)4-2-6-10-7;1-3-7-4-2-6-10-8(7)9-5-1;1-2-7-6-9-5-3-8(7)10-4-1;1-2-7-3-5-9-6-8(7)10-4-1;1-2-4-8-7(3-1)5-9-6-10-8;1-2-4-8-7(3-1)9-5-6-10-8;1-2-4-8-7(3-1)5-6-9-10-8;11*1-2/h4*8-10H,1-7H2;7*7-10H,1-6H2;11*1-2H3. The summed E-state index contributed by atoms with van der Waals surface area (Å²) in [5, 5.41) is 56.4. The van der Waals surface area contributed by atoms with E-state index in [2.05, 4.69) is 95.9 Å². The molecule has 0 aromatic carbocycles. The van der Waals surface area contributed by atoms with Crippen LogP contribution >= 0.6 is 0 Å². The molecular formula is C114H246N18. The molecule has 22 fully saturated rings. The molecule has 7 aliphatic carbocycles. The van der Waals surface area contributed by atoms with Crippen molar-refractivity contribution in [3.05, 3.63) is 0 Å². The summed E-state index contributed by atoms with van der Waals surface area (Å²) in [4.78, 5) is 0. The number of piperazine rings is 1. The van der Waals surface area contributed by atoms with E-state index in [0.29, 0.717) is 6.17 Å². The molecule has 15 heterocycles. The van der Waals surface area contributed by atoms with Gasteiger partial charge in [0.1, 0.15) is 0 Å². The Morgan fingerprint density at radius 3 is 0.727 bits per heavy atom. The van der Waals surface area contributed by atoms with E-state index in [9.17, 15) is 0 Å². The molecule has 20 unspecified atom stereocenters. The van der Waals surface area contributed by atoms with Crippen LogP contribution in [0.5, 0.6) is 0 Å². The van der Waals surface area contributed by atoms with E-state index >= 15 is 0 Å². The largest absolute Gasteiger partial charge is 0.316 e. The van der Waals surface area contributed by atoms with Crippen LogP contribution in [0.4, 0.5) is 0 Å². The van der Waals surface area contributed by atoms with Crippen LogP contribution in [0.25, 0.3) is 0 Å². The van der Waals surface area contributed by atoms with Gasteiger partial charge in [0.25, 0.3) is 0 Å². The second-order valence-corrected chi connectivity index (χ2v) is 39.2. The van der Waals surface area contributed by atoms with Gasteiger partial charge >= 0.3 is 0 Å². The predicted molar refractivity (Wildman–Crippen MR) is 590 cm³/mol. The maximum absolute atomic E-state index is 3.62. The lowest BCUT2D eigenvalue weighted by Gasteiger charge is -2.37. The lowest BCUT2D eigenvalue weighted by Crippen LogP contribution is -2.56. The first kappa shape index (κ1) is 129. The molecule has 22 aliphatic rings. The van der Waals surface area contributed by atoms with Crippen LogP contribution in [0, 0.1) is 65.1 Å². The van der Waals surface area contributed by atoms with Gasteiger partial charge in [-0.15, -0.1) is 0 Å². The van der Waals surface area contributed by atoms with Gasteiger partial charge in [-0.2, -0.15) is 0 Å². The Hall–Kier alpha value is -0.720. The van der Waals surface area contributed by atoms with Crippen LogP contribution in [0.1, 0.15) is 467 Å². The molecule has 792 valence electrons. The topological polar surface area (TPSA) is 217 Å². The normalized spacial score (nSPS) is 34.5. The summed E-state index contributed by atoms with van der Waals surface area (Å²) >= 11 is 0. The van der Waals surface area contributed by atoms with Gasteiger partial charge in [-0.05, 0) is 375 Å². The molecule has 0 aromatic heterocycles. The fourth-order valence-electron chi connectivity index (χ4n) is 25.0. The van der Waals surface area contributed by atoms with Crippen LogP contribution in [-0.2, 0) is 0 Å². The third-order valence-electron chi connectivity index (χ3n) is 31.7. The maximum Gasteiger partial charge on any atom is 0.0600 e. The van der Waals surface area contributed by atoms with Gasteiger partial charge in [-0.25, -0.2) is 0 Å². The third kappa shape index (κ3) is 54.7. The van der Waals surface area contributed by atoms with Gasteiger partial charge < -0.3 is 85.1 Å². The highest BCUT2D eigenvalue weighted by Gasteiger charge is 2.35. The number of nitrogens with one attached hydrogen (secondary N) is 18. The fraction of sp³-hybridized carbons (Fsp3) is 1.00. The van der Waals surface area contributed by atoms with E-state index in [4.69, 9.17) is 0 Å². The molecular weight excluding hydrogens is 1620 g/mol. The molecule has 18 nitrogen and oxygen atoms in total. The van der Waals surface area contributed by atoms with Crippen LogP contribution in [0.3, 0.4) is 0 Å². The van der Waals surface area contributed by atoms with E-state index in [1.807, 2.05) is 152 Å². The van der Waals surface area contributed by atoms with Crippen molar-refractivity contribution >= 4 is 0 Å². The van der Waals surface area contributed by atoms with Crippen molar-refractivity contribution < 1.29 is 0 Å². The van der Waals surface area contributed by atoms with E-state index in [0.717, 1.165) is 132 Å². The number of hydrogen-bond acceptors (Lipinski definition) is 18. The molecule has 0 bridgehead atoms. The first-order valence-electron chi connectivity index (χ1n) is 60.7. The minimum atomic E-state index is 0.655. The summed E-state index contributed by atoms with van der Waals surface area (Å²) in [7, 11) is 0. The molecule has 15 aliphatic heterocycles. The Labute approximate surface area is 827 Å². The zero-order chi connectivity index (χ0) is 96.9. The smallest absolute Gasteiger partial charge is 0.0600 e. The number of piperidine rings is 12. The summed E-state index contributed by atoms with van der Waals surface area (Å²) in [6.45, 7) is 69.8. The summed E-state index contributed by atoms with van der Waals surface area (Å²) in [6.07, 6.45) is 71.2. The van der Waals surface area contributed by atoms with E-state index in [1.54, 1.807) is 0 Å². The second kappa shape index (κ2) is 92.7. The molecule has 20 atom stereocenters. The van der Waals surface area contributed by atoms with Crippen molar-refractivity contribution in [1.29, 1.82) is 0 Å². The average Bonchev–Trinajstić information content (AvgIpc) is 0.961. The van der Waals surface area contributed by atoms with Crippen LogP contribution < -0.4 is 95.9 Å². The quantitative estimate of drug-likeness (QED) is 0.109. The van der Waals surface area contributed by atoms with Gasteiger partial charge in [0.15, 0.2) is 0 Å². The molecule has 0 amide bonds. The SMILES string of the molecule is C1CCC2CNCCC2C1.C1CCC2CNCCC2C1.C1CCC2NCCCC2C1.C1CCC2NCCCC2C1.C1CCC2NCCNC2C1.C1CCC2NCNCC2C1.C1CCC2NNCCC2C1.C1CNC2CCCNC2C1.C1CNC2CCNCC2C1.C1CNC2CNCCC2C1.C1CNC2NCCCC2C1.CC.CC.CC.CC.CC.CC.CC.CC.CC.CC.CC. The highest BCUT2D eigenvalue weighted by Crippen LogP contribution is 2.37. The van der Waals surface area contributed by atoms with E-state index < -0.39 is 0 Å². The highest BCUT2D eigenvalue weighted by atomic mass is 15.4. The summed E-state index contributed by atoms with van der Waals surface area (Å²) < 4.78 is 0. The van der Waals surface area contributed by atoms with Gasteiger partial charge in [0.2, 0.25) is 0 Å². The molecule has 18 heteroatoms. The summed E-state index contributed by atoms with van der Waals surface area (Å²) in [6, 6.07) is 8.26. The highest BCUT2D eigenvalue weighted by molar-refractivity contribution is 4.94. The fourth-order valence-corrected chi connectivity index (χ4v) is 25.0. The Balaban J connectivity index is 0.000000710. The predicted octanol–water partition coefficient (Wildman–Crippen LogP) is 22.8. The van der Waals surface area contributed by atoms with Crippen LogP contribution in [0.2, 0.25) is 0 Å². The zero-order valence-electron chi connectivity index (χ0n) is 93.2. The Kier molecular flexibility index (Phi) is 90.8. The second-order valence-electron chi connectivity index (χ2n) is 39.2. The number of hydrazine groups is 1. The molecule has 132 heavy (non-hydrogen) atoms. The molecule has 0 radical (unpaired) electrons. The monoisotopic (exact) mass is 1870 g/mol. The molecule has 15 saturated heterocycles. The van der Waals surface area contributed by atoms with E-state index in [1.165, 1.54) is 446 Å². The molecule has 0 spiro atoms. The molecule has 0 aromatic rings. The van der Waals surface area contributed by atoms with E-state index in [-0.39, 0.29) is 0 Å². The lowest BCUT2D eigenvalue weighted by molar-refractivity contribution is 0.185. The average molecular weight is 1870 g/mol. The number of fused-ring (bicyclic) bond motifs is 11.